The van der Waals surface area contributed by atoms with Crippen molar-refractivity contribution in [3.05, 3.63) is 64.7 Å². The third-order valence-electron chi connectivity index (χ3n) is 4.44. The monoisotopic (exact) mass is 325 g/mol. The SMILES string of the molecule is Cc1ccc(C)c(S[C@H](C)C(=O)N2CCc3ccccc3C2)c1. The first-order chi connectivity index (χ1) is 11.0. The predicted octanol–water partition coefficient (Wildman–Crippen LogP) is 4.37. The van der Waals surface area contributed by atoms with Gasteiger partial charge in [-0.15, -0.1) is 11.8 Å². The van der Waals surface area contributed by atoms with E-state index in [1.807, 2.05) is 11.8 Å². The molecule has 0 bridgehead atoms. The number of nitrogens with zero attached hydrogens (tertiary/aromatic N) is 1. The van der Waals surface area contributed by atoms with Crippen molar-refractivity contribution in [2.45, 2.75) is 43.9 Å². The van der Waals surface area contributed by atoms with Crippen LogP contribution in [0.2, 0.25) is 0 Å². The second kappa shape index (κ2) is 6.79. The van der Waals surface area contributed by atoms with E-state index in [0.29, 0.717) is 0 Å². The van der Waals surface area contributed by atoms with E-state index in [1.54, 1.807) is 11.8 Å². The molecule has 0 aliphatic carbocycles. The second-order valence-electron chi connectivity index (χ2n) is 6.31. The maximum Gasteiger partial charge on any atom is 0.236 e. The maximum absolute atomic E-state index is 12.8. The summed E-state index contributed by atoms with van der Waals surface area (Å²) in [6.07, 6.45) is 0.961. The van der Waals surface area contributed by atoms with Gasteiger partial charge >= 0.3 is 0 Å². The van der Waals surface area contributed by atoms with E-state index in [9.17, 15) is 4.79 Å². The fourth-order valence-corrected chi connectivity index (χ4v) is 4.15. The van der Waals surface area contributed by atoms with E-state index in [0.717, 1.165) is 19.5 Å². The van der Waals surface area contributed by atoms with E-state index in [4.69, 9.17) is 0 Å². The van der Waals surface area contributed by atoms with Crippen molar-refractivity contribution in [1.29, 1.82) is 0 Å². The summed E-state index contributed by atoms with van der Waals surface area (Å²) >= 11 is 1.68. The van der Waals surface area contributed by atoms with Crippen LogP contribution in [0.5, 0.6) is 0 Å². The Kier molecular flexibility index (Phi) is 4.76. The first kappa shape index (κ1) is 16.1. The van der Waals surface area contributed by atoms with Crippen molar-refractivity contribution >= 4 is 17.7 Å². The Hall–Kier alpha value is -1.74. The number of fused-ring (bicyclic) bond motifs is 1. The van der Waals surface area contributed by atoms with E-state index < -0.39 is 0 Å². The van der Waals surface area contributed by atoms with Gasteiger partial charge in [-0.25, -0.2) is 0 Å². The van der Waals surface area contributed by atoms with Crippen LogP contribution in [0.25, 0.3) is 0 Å². The Morgan fingerprint density at radius 1 is 1.13 bits per heavy atom. The third kappa shape index (κ3) is 3.61. The van der Waals surface area contributed by atoms with Crippen LogP contribution in [-0.2, 0) is 17.8 Å². The van der Waals surface area contributed by atoms with Gasteiger partial charge in [0.05, 0.1) is 5.25 Å². The summed E-state index contributed by atoms with van der Waals surface area (Å²) in [7, 11) is 0. The van der Waals surface area contributed by atoms with Crippen molar-refractivity contribution in [2.75, 3.05) is 6.54 Å². The minimum Gasteiger partial charge on any atom is -0.337 e. The largest absolute Gasteiger partial charge is 0.337 e. The summed E-state index contributed by atoms with van der Waals surface area (Å²) in [4.78, 5) is 16.0. The Balaban J connectivity index is 1.70. The van der Waals surface area contributed by atoms with Crippen molar-refractivity contribution in [3.63, 3.8) is 0 Å². The molecule has 1 heterocycles. The van der Waals surface area contributed by atoms with Crippen molar-refractivity contribution in [3.8, 4) is 0 Å². The molecule has 2 aromatic rings. The van der Waals surface area contributed by atoms with Crippen LogP contribution in [0.3, 0.4) is 0 Å². The molecular weight excluding hydrogens is 302 g/mol. The lowest BCUT2D eigenvalue weighted by Gasteiger charge is -2.31. The molecule has 3 rings (SSSR count). The van der Waals surface area contributed by atoms with Gasteiger partial charge in [-0.2, -0.15) is 0 Å². The van der Waals surface area contributed by atoms with Crippen LogP contribution in [0.15, 0.2) is 47.4 Å². The molecule has 1 aliphatic rings. The summed E-state index contributed by atoms with van der Waals surface area (Å²) in [5.74, 6) is 0.241. The number of carbonyl (C=O) groups excluding carboxylic acids is 1. The average Bonchev–Trinajstić information content (AvgIpc) is 2.57. The number of thioether (sulfide) groups is 1. The highest BCUT2D eigenvalue weighted by Gasteiger charge is 2.25. The summed E-state index contributed by atoms with van der Waals surface area (Å²) in [6, 6.07) is 14.9. The molecule has 0 saturated heterocycles. The van der Waals surface area contributed by atoms with Crippen LogP contribution in [-0.4, -0.2) is 22.6 Å². The molecule has 0 radical (unpaired) electrons. The van der Waals surface area contributed by atoms with Gasteiger partial charge in [0.15, 0.2) is 0 Å². The molecule has 0 fully saturated rings. The molecule has 1 amide bonds. The van der Waals surface area contributed by atoms with Gasteiger partial charge in [-0.1, -0.05) is 42.0 Å². The van der Waals surface area contributed by atoms with Crippen LogP contribution in [0, 0.1) is 13.8 Å². The van der Waals surface area contributed by atoms with E-state index in [-0.39, 0.29) is 11.2 Å². The van der Waals surface area contributed by atoms with E-state index >= 15 is 0 Å². The standard InChI is InChI=1S/C20H23NOS/c1-14-8-9-15(2)19(12-14)23-16(3)20(22)21-11-10-17-6-4-5-7-18(17)13-21/h4-9,12,16H,10-11,13H2,1-3H3/t16-/m1/s1. The number of hydrogen-bond donors (Lipinski definition) is 0. The van der Waals surface area contributed by atoms with Gasteiger partial charge < -0.3 is 4.90 Å². The summed E-state index contributed by atoms with van der Waals surface area (Å²) in [6.45, 7) is 7.79. The van der Waals surface area contributed by atoms with Gasteiger partial charge in [-0.05, 0) is 49.9 Å². The molecule has 0 saturated carbocycles. The smallest absolute Gasteiger partial charge is 0.236 e. The topological polar surface area (TPSA) is 20.3 Å². The highest BCUT2D eigenvalue weighted by Crippen LogP contribution is 2.29. The lowest BCUT2D eigenvalue weighted by atomic mass is 10.00. The molecule has 0 unspecified atom stereocenters. The average molecular weight is 325 g/mol. The molecule has 1 atom stereocenters. The molecule has 0 N–H and O–H groups in total. The number of benzene rings is 2. The highest BCUT2D eigenvalue weighted by atomic mass is 32.2. The Bertz CT molecular complexity index is 725. The zero-order valence-corrected chi connectivity index (χ0v) is 14.8. The number of carbonyl (C=O) groups is 1. The van der Waals surface area contributed by atoms with Crippen molar-refractivity contribution < 1.29 is 4.79 Å². The molecule has 0 aromatic heterocycles. The van der Waals surface area contributed by atoms with Gasteiger partial charge in [0.2, 0.25) is 5.91 Å². The maximum atomic E-state index is 12.8. The molecule has 3 heteroatoms. The molecular formula is C20H23NOS. The fraction of sp³-hybridized carbons (Fsp3) is 0.350. The van der Waals surface area contributed by atoms with Crippen LogP contribution < -0.4 is 0 Å². The van der Waals surface area contributed by atoms with Gasteiger partial charge in [0.1, 0.15) is 0 Å². The first-order valence-corrected chi connectivity index (χ1v) is 9.02. The molecule has 2 nitrogen and oxygen atoms in total. The van der Waals surface area contributed by atoms with E-state index in [1.165, 1.54) is 27.1 Å². The quantitative estimate of drug-likeness (QED) is 0.781. The Morgan fingerprint density at radius 3 is 2.65 bits per heavy atom. The highest BCUT2D eigenvalue weighted by molar-refractivity contribution is 8.00. The number of hydrogen-bond acceptors (Lipinski definition) is 2. The lowest BCUT2D eigenvalue weighted by molar-refractivity contribution is -0.131. The first-order valence-electron chi connectivity index (χ1n) is 8.14. The minimum absolute atomic E-state index is 0.0548. The molecule has 2 aromatic carbocycles. The molecule has 23 heavy (non-hydrogen) atoms. The van der Waals surface area contributed by atoms with Gasteiger partial charge in [0, 0.05) is 18.0 Å². The Labute approximate surface area is 142 Å². The van der Waals surface area contributed by atoms with Gasteiger partial charge in [0.25, 0.3) is 0 Å². The zero-order chi connectivity index (χ0) is 16.4. The van der Waals surface area contributed by atoms with Crippen molar-refractivity contribution in [1.82, 2.24) is 4.90 Å². The minimum atomic E-state index is -0.0548. The lowest BCUT2D eigenvalue weighted by Crippen LogP contribution is -2.40. The number of aryl methyl sites for hydroxylation is 2. The number of amides is 1. The van der Waals surface area contributed by atoms with Crippen LogP contribution >= 0.6 is 11.8 Å². The van der Waals surface area contributed by atoms with Crippen LogP contribution in [0.4, 0.5) is 0 Å². The summed E-state index contributed by atoms with van der Waals surface area (Å²) < 4.78 is 0. The molecule has 120 valence electrons. The molecule has 0 spiro atoms. The third-order valence-corrected chi connectivity index (χ3v) is 5.69. The number of rotatable bonds is 3. The second-order valence-corrected chi connectivity index (χ2v) is 7.69. The fourth-order valence-electron chi connectivity index (χ4n) is 3.02. The van der Waals surface area contributed by atoms with Crippen LogP contribution in [0.1, 0.15) is 29.2 Å². The summed E-state index contributed by atoms with van der Waals surface area (Å²) in [5.41, 5.74) is 5.15. The summed E-state index contributed by atoms with van der Waals surface area (Å²) in [5, 5.41) is -0.0548. The Morgan fingerprint density at radius 2 is 1.87 bits per heavy atom. The zero-order valence-electron chi connectivity index (χ0n) is 14.0. The van der Waals surface area contributed by atoms with Crippen molar-refractivity contribution in [2.24, 2.45) is 0 Å². The molecule has 1 aliphatic heterocycles. The van der Waals surface area contributed by atoms with Gasteiger partial charge in [-0.3, -0.25) is 4.79 Å². The van der Waals surface area contributed by atoms with E-state index in [2.05, 4.69) is 56.3 Å². The predicted molar refractivity (Wildman–Crippen MR) is 96.8 cm³/mol. The normalized spacial score (nSPS) is 15.2.